The van der Waals surface area contributed by atoms with Crippen LogP contribution in [0.25, 0.3) is 6.08 Å². The van der Waals surface area contributed by atoms with Crippen LogP contribution in [0.5, 0.6) is 0 Å². The second-order valence-electron chi connectivity index (χ2n) is 6.11. The Kier molecular flexibility index (Phi) is 7.28. The maximum atomic E-state index is 11.2. The first-order valence-electron chi connectivity index (χ1n) is 8.77. The molecule has 0 saturated carbocycles. The zero-order valence-electron chi connectivity index (χ0n) is 14.4. The van der Waals surface area contributed by atoms with E-state index in [9.17, 15) is 9.90 Å². The van der Waals surface area contributed by atoms with Gasteiger partial charge in [0.1, 0.15) is 0 Å². The molecule has 2 heteroatoms. The lowest BCUT2D eigenvalue weighted by atomic mass is 10.0. The van der Waals surface area contributed by atoms with Gasteiger partial charge in [-0.15, -0.1) is 0 Å². The summed E-state index contributed by atoms with van der Waals surface area (Å²) in [6, 6.07) is 16.0. The molecular weight excluding hydrogens is 296 g/mol. The van der Waals surface area contributed by atoms with Gasteiger partial charge in [0.2, 0.25) is 0 Å². The van der Waals surface area contributed by atoms with Gasteiger partial charge in [-0.1, -0.05) is 68.0 Å². The molecule has 0 saturated heterocycles. The molecule has 24 heavy (non-hydrogen) atoms. The van der Waals surface area contributed by atoms with Crippen LogP contribution >= 0.6 is 0 Å². The van der Waals surface area contributed by atoms with E-state index in [0.717, 1.165) is 31.2 Å². The highest BCUT2D eigenvalue weighted by molar-refractivity contribution is 5.89. The van der Waals surface area contributed by atoms with Crippen LogP contribution in [-0.2, 0) is 12.8 Å². The third kappa shape index (κ3) is 5.69. The van der Waals surface area contributed by atoms with E-state index >= 15 is 0 Å². The van der Waals surface area contributed by atoms with E-state index in [0.29, 0.717) is 5.56 Å². The van der Waals surface area contributed by atoms with Crippen LogP contribution < -0.4 is 0 Å². The third-order valence-corrected chi connectivity index (χ3v) is 4.15. The highest BCUT2D eigenvalue weighted by Crippen LogP contribution is 2.14. The van der Waals surface area contributed by atoms with E-state index in [1.54, 1.807) is 12.1 Å². The van der Waals surface area contributed by atoms with Crippen molar-refractivity contribution in [3.63, 3.8) is 0 Å². The minimum absolute atomic E-state index is 0.421. The molecule has 2 aromatic carbocycles. The van der Waals surface area contributed by atoms with E-state index in [1.807, 2.05) is 12.1 Å². The van der Waals surface area contributed by atoms with Gasteiger partial charge < -0.3 is 5.11 Å². The number of unbranched alkanes of at least 4 members (excludes halogenated alkanes) is 2. The first-order valence-corrected chi connectivity index (χ1v) is 8.77. The normalized spacial score (nSPS) is 11.0. The van der Waals surface area contributed by atoms with Gasteiger partial charge in [-0.3, -0.25) is 0 Å². The maximum Gasteiger partial charge on any atom is 0.335 e. The van der Waals surface area contributed by atoms with E-state index in [-0.39, 0.29) is 0 Å². The highest BCUT2D eigenvalue weighted by Gasteiger charge is 2.07. The number of carbonyl (C=O) groups is 1. The van der Waals surface area contributed by atoms with Gasteiger partial charge in [-0.2, -0.15) is 0 Å². The standard InChI is InChI=1S/C22H26O2/c1-2-3-10-18-12-9-13-19(17-18)11-5-4-6-14-20-15-7-8-16-21(20)22(23)24/h5,7-9,11-13,15-17H,2-4,6,10,14H2,1H3,(H,23,24). The number of hydrogen-bond donors (Lipinski definition) is 1. The molecule has 1 N–H and O–H groups in total. The minimum Gasteiger partial charge on any atom is -0.478 e. The second-order valence-corrected chi connectivity index (χ2v) is 6.11. The molecule has 0 radical (unpaired) electrons. The smallest absolute Gasteiger partial charge is 0.335 e. The van der Waals surface area contributed by atoms with Crippen LogP contribution in [0.3, 0.4) is 0 Å². The lowest BCUT2D eigenvalue weighted by Gasteiger charge is -2.04. The Bertz CT molecular complexity index is 686. The van der Waals surface area contributed by atoms with Crippen molar-refractivity contribution in [3.8, 4) is 0 Å². The summed E-state index contributed by atoms with van der Waals surface area (Å²) in [7, 11) is 0. The summed E-state index contributed by atoms with van der Waals surface area (Å²) < 4.78 is 0. The Hall–Kier alpha value is -2.35. The highest BCUT2D eigenvalue weighted by atomic mass is 16.4. The van der Waals surface area contributed by atoms with Crippen LogP contribution in [0.2, 0.25) is 0 Å². The van der Waals surface area contributed by atoms with Crippen molar-refractivity contribution >= 4 is 12.0 Å². The van der Waals surface area contributed by atoms with Gasteiger partial charge in [0.05, 0.1) is 5.56 Å². The van der Waals surface area contributed by atoms with Gasteiger partial charge in [-0.05, 0) is 54.9 Å². The van der Waals surface area contributed by atoms with Gasteiger partial charge in [0.25, 0.3) is 0 Å². The van der Waals surface area contributed by atoms with Crippen molar-refractivity contribution in [3.05, 3.63) is 76.9 Å². The molecule has 0 atom stereocenters. The molecular formula is C22H26O2. The lowest BCUT2D eigenvalue weighted by molar-refractivity contribution is 0.0695. The van der Waals surface area contributed by atoms with Crippen molar-refractivity contribution in [1.29, 1.82) is 0 Å². The molecule has 0 aromatic heterocycles. The molecule has 2 aromatic rings. The molecule has 0 amide bonds. The van der Waals surface area contributed by atoms with Crippen LogP contribution in [0.4, 0.5) is 0 Å². The van der Waals surface area contributed by atoms with Crippen LogP contribution in [0.15, 0.2) is 54.6 Å². The van der Waals surface area contributed by atoms with E-state index < -0.39 is 5.97 Å². The quantitative estimate of drug-likeness (QED) is 0.596. The summed E-state index contributed by atoms with van der Waals surface area (Å²) in [5, 5.41) is 9.19. The predicted molar refractivity (Wildman–Crippen MR) is 100 cm³/mol. The fourth-order valence-corrected chi connectivity index (χ4v) is 2.81. The first kappa shape index (κ1) is 18.0. The van der Waals surface area contributed by atoms with E-state index in [1.165, 1.54) is 24.0 Å². The Morgan fingerprint density at radius 3 is 2.67 bits per heavy atom. The molecule has 0 bridgehead atoms. The number of aryl methyl sites for hydroxylation is 2. The molecule has 0 unspecified atom stereocenters. The molecule has 0 heterocycles. The van der Waals surface area contributed by atoms with Crippen LogP contribution in [-0.4, -0.2) is 11.1 Å². The Labute approximate surface area is 144 Å². The molecule has 0 aliphatic rings. The number of benzene rings is 2. The Morgan fingerprint density at radius 1 is 1.04 bits per heavy atom. The summed E-state index contributed by atoms with van der Waals surface area (Å²) in [4.78, 5) is 11.2. The average molecular weight is 322 g/mol. The summed E-state index contributed by atoms with van der Waals surface area (Å²) in [5.74, 6) is -0.843. The summed E-state index contributed by atoms with van der Waals surface area (Å²) in [5.41, 5.74) is 3.98. The van der Waals surface area contributed by atoms with Gasteiger partial charge in [0.15, 0.2) is 0 Å². The number of carboxylic acids is 1. The van der Waals surface area contributed by atoms with Gasteiger partial charge in [-0.25, -0.2) is 4.79 Å². The summed E-state index contributed by atoms with van der Waals surface area (Å²) in [6.45, 7) is 2.21. The van der Waals surface area contributed by atoms with Crippen molar-refractivity contribution in [2.45, 2.75) is 45.4 Å². The van der Waals surface area contributed by atoms with E-state index in [2.05, 4.69) is 43.3 Å². The molecule has 0 fully saturated rings. The molecule has 0 spiro atoms. The SMILES string of the molecule is CCCCc1cccc(C=CCCCc2ccccc2C(=O)O)c1. The zero-order valence-corrected chi connectivity index (χ0v) is 14.4. The molecule has 0 aliphatic carbocycles. The van der Waals surface area contributed by atoms with Gasteiger partial charge >= 0.3 is 5.97 Å². The zero-order chi connectivity index (χ0) is 17.2. The van der Waals surface area contributed by atoms with Crippen molar-refractivity contribution in [2.75, 3.05) is 0 Å². The molecule has 2 nitrogen and oxygen atoms in total. The Morgan fingerprint density at radius 2 is 1.88 bits per heavy atom. The van der Waals surface area contributed by atoms with Crippen LogP contribution in [0, 0.1) is 0 Å². The van der Waals surface area contributed by atoms with E-state index in [4.69, 9.17) is 0 Å². The third-order valence-electron chi connectivity index (χ3n) is 4.15. The first-order chi connectivity index (χ1) is 11.7. The fraction of sp³-hybridized carbons (Fsp3) is 0.318. The topological polar surface area (TPSA) is 37.3 Å². The number of allylic oxidation sites excluding steroid dienone is 1. The minimum atomic E-state index is -0.843. The number of rotatable bonds is 9. The number of aromatic carboxylic acids is 1. The van der Waals surface area contributed by atoms with Crippen LogP contribution in [0.1, 0.15) is 59.7 Å². The van der Waals surface area contributed by atoms with Crippen molar-refractivity contribution < 1.29 is 9.90 Å². The maximum absolute atomic E-state index is 11.2. The molecule has 2 rings (SSSR count). The number of hydrogen-bond acceptors (Lipinski definition) is 1. The second kappa shape index (κ2) is 9.71. The monoisotopic (exact) mass is 322 g/mol. The lowest BCUT2D eigenvalue weighted by Crippen LogP contribution is -2.01. The fourth-order valence-electron chi connectivity index (χ4n) is 2.81. The van der Waals surface area contributed by atoms with Crippen molar-refractivity contribution in [1.82, 2.24) is 0 Å². The Balaban J connectivity index is 1.84. The number of carboxylic acid groups (broad SMARTS) is 1. The molecule has 126 valence electrons. The predicted octanol–water partition coefficient (Wildman–Crippen LogP) is 5.76. The van der Waals surface area contributed by atoms with Gasteiger partial charge in [0, 0.05) is 0 Å². The molecule has 0 aliphatic heterocycles. The summed E-state index contributed by atoms with van der Waals surface area (Å²) in [6.07, 6.45) is 10.6. The summed E-state index contributed by atoms with van der Waals surface area (Å²) >= 11 is 0. The largest absolute Gasteiger partial charge is 0.478 e. The van der Waals surface area contributed by atoms with Crippen molar-refractivity contribution in [2.24, 2.45) is 0 Å². The average Bonchev–Trinajstić information content (AvgIpc) is 2.60.